The lowest BCUT2D eigenvalue weighted by atomic mass is 9.89. The average Bonchev–Trinajstić information content (AvgIpc) is 2.55. The summed E-state index contributed by atoms with van der Waals surface area (Å²) in [6.07, 6.45) is 8.94. The maximum atomic E-state index is 12.0. The van der Waals surface area contributed by atoms with E-state index in [-0.39, 0.29) is 5.92 Å². The van der Waals surface area contributed by atoms with Crippen molar-refractivity contribution in [1.29, 1.82) is 0 Å². The zero-order chi connectivity index (χ0) is 16.8. The van der Waals surface area contributed by atoms with Gasteiger partial charge in [-0.25, -0.2) is 0 Å². The summed E-state index contributed by atoms with van der Waals surface area (Å²) in [7, 11) is 2.08. The average molecular weight is 325 g/mol. The van der Waals surface area contributed by atoms with Gasteiger partial charge in [0.25, 0.3) is 0 Å². The molecule has 0 spiro atoms. The van der Waals surface area contributed by atoms with Crippen molar-refractivity contribution in [3.05, 3.63) is 0 Å². The zero-order valence-electron chi connectivity index (χ0n) is 15.6. The van der Waals surface area contributed by atoms with Crippen molar-refractivity contribution < 1.29 is 9.63 Å². The van der Waals surface area contributed by atoms with Gasteiger partial charge < -0.3 is 4.90 Å². The standard InChI is InChI=1S/C19H36N2O2/c1-15(2)19(22)21-13-10-17(11-14-21)9-12-20(4)23-18-7-5-16(3)6-8-18/h15-18H,5-14H2,1-4H3. The first-order valence-electron chi connectivity index (χ1n) is 9.62. The first-order chi connectivity index (χ1) is 11.0. The molecule has 0 N–H and O–H groups in total. The number of rotatable bonds is 6. The van der Waals surface area contributed by atoms with Gasteiger partial charge in [0.15, 0.2) is 0 Å². The maximum absolute atomic E-state index is 12.0. The number of carbonyl (C=O) groups is 1. The molecule has 0 aromatic carbocycles. The second-order valence-electron chi connectivity index (χ2n) is 8.05. The molecule has 0 atom stereocenters. The molecule has 1 heterocycles. The molecule has 2 fully saturated rings. The topological polar surface area (TPSA) is 32.8 Å². The Hall–Kier alpha value is -0.610. The Morgan fingerprint density at radius 2 is 1.74 bits per heavy atom. The summed E-state index contributed by atoms with van der Waals surface area (Å²) >= 11 is 0. The summed E-state index contributed by atoms with van der Waals surface area (Å²) in [4.78, 5) is 20.1. The van der Waals surface area contributed by atoms with Crippen molar-refractivity contribution in [2.45, 2.75) is 71.8 Å². The van der Waals surface area contributed by atoms with Crippen LogP contribution in [0.15, 0.2) is 0 Å². The van der Waals surface area contributed by atoms with Crippen LogP contribution >= 0.6 is 0 Å². The van der Waals surface area contributed by atoms with E-state index in [1.807, 2.05) is 18.7 Å². The van der Waals surface area contributed by atoms with Gasteiger partial charge in [-0.2, -0.15) is 5.06 Å². The Morgan fingerprint density at radius 3 is 2.30 bits per heavy atom. The highest BCUT2D eigenvalue weighted by molar-refractivity contribution is 5.78. The Bertz CT molecular complexity index is 356. The molecule has 2 aliphatic rings. The minimum absolute atomic E-state index is 0.129. The van der Waals surface area contributed by atoms with E-state index in [1.54, 1.807) is 0 Å². The summed E-state index contributed by atoms with van der Waals surface area (Å²) in [6, 6.07) is 0. The molecule has 0 unspecified atom stereocenters. The van der Waals surface area contributed by atoms with Gasteiger partial charge in [0, 0.05) is 32.6 Å². The van der Waals surface area contributed by atoms with Crippen molar-refractivity contribution in [3.63, 3.8) is 0 Å². The van der Waals surface area contributed by atoms with Crippen molar-refractivity contribution in [1.82, 2.24) is 9.96 Å². The van der Waals surface area contributed by atoms with Gasteiger partial charge in [0.2, 0.25) is 5.91 Å². The molecule has 23 heavy (non-hydrogen) atoms. The monoisotopic (exact) mass is 324 g/mol. The Balaban J connectivity index is 1.60. The van der Waals surface area contributed by atoms with E-state index in [1.165, 1.54) is 32.1 Å². The fourth-order valence-electron chi connectivity index (χ4n) is 3.81. The number of likely N-dealkylation sites (tertiary alicyclic amines) is 1. The largest absolute Gasteiger partial charge is 0.342 e. The molecule has 1 aliphatic carbocycles. The highest BCUT2D eigenvalue weighted by Gasteiger charge is 2.25. The third-order valence-electron chi connectivity index (χ3n) is 5.56. The van der Waals surface area contributed by atoms with E-state index in [4.69, 9.17) is 4.84 Å². The molecule has 1 saturated heterocycles. The first-order valence-corrected chi connectivity index (χ1v) is 9.62. The van der Waals surface area contributed by atoms with Crippen LogP contribution in [0.5, 0.6) is 0 Å². The fourth-order valence-corrected chi connectivity index (χ4v) is 3.81. The lowest BCUT2D eigenvalue weighted by molar-refractivity contribution is -0.192. The molecular formula is C19H36N2O2. The van der Waals surface area contributed by atoms with Crippen molar-refractivity contribution in [2.24, 2.45) is 17.8 Å². The van der Waals surface area contributed by atoms with Crippen LogP contribution in [0, 0.1) is 17.8 Å². The van der Waals surface area contributed by atoms with Crippen LogP contribution in [0.3, 0.4) is 0 Å². The summed E-state index contributed by atoms with van der Waals surface area (Å²) in [5.74, 6) is 2.06. The minimum Gasteiger partial charge on any atom is -0.342 e. The smallest absolute Gasteiger partial charge is 0.225 e. The number of hydroxylamine groups is 2. The second kappa shape index (κ2) is 9.03. The van der Waals surface area contributed by atoms with Crippen LogP contribution in [-0.2, 0) is 9.63 Å². The van der Waals surface area contributed by atoms with Crippen LogP contribution < -0.4 is 0 Å². The predicted octanol–water partition coefficient (Wildman–Crippen LogP) is 3.71. The van der Waals surface area contributed by atoms with E-state index in [2.05, 4.69) is 19.0 Å². The summed E-state index contributed by atoms with van der Waals surface area (Å²) in [5.41, 5.74) is 0. The first kappa shape index (κ1) is 18.7. The lowest BCUT2D eigenvalue weighted by Crippen LogP contribution is -2.41. The molecule has 1 amide bonds. The van der Waals surface area contributed by atoms with E-state index >= 15 is 0 Å². The predicted molar refractivity (Wildman–Crippen MR) is 93.9 cm³/mol. The van der Waals surface area contributed by atoms with Gasteiger partial charge in [-0.05, 0) is 56.8 Å². The fraction of sp³-hybridized carbons (Fsp3) is 0.947. The number of amides is 1. The molecule has 2 rings (SSSR count). The number of nitrogens with zero attached hydrogens (tertiary/aromatic N) is 2. The van der Waals surface area contributed by atoms with E-state index < -0.39 is 0 Å². The Morgan fingerprint density at radius 1 is 1.13 bits per heavy atom. The van der Waals surface area contributed by atoms with Gasteiger partial charge in [-0.3, -0.25) is 9.63 Å². The van der Waals surface area contributed by atoms with Gasteiger partial charge in [0.05, 0.1) is 6.10 Å². The number of hydrogen-bond acceptors (Lipinski definition) is 3. The third kappa shape index (κ3) is 6.07. The molecule has 0 aromatic rings. The van der Waals surface area contributed by atoms with Crippen molar-refractivity contribution >= 4 is 5.91 Å². The van der Waals surface area contributed by atoms with Crippen LogP contribution in [0.1, 0.15) is 65.7 Å². The lowest BCUT2D eigenvalue weighted by Gasteiger charge is -2.34. The molecule has 1 saturated carbocycles. The van der Waals surface area contributed by atoms with E-state index in [0.29, 0.717) is 12.0 Å². The van der Waals surface area contributed by atoms with Crippen LogP contribution in [-0.4, -0.2) is 48.7 Å². The highest BCUT2D eigenvalue weighted by atomic mass is 16.7. The molecule has 4 heteroatoms. The van der Waals surface area contributed by atoms with E-state index in [9.17, 15) is 4.79 Å². The van der Waals surface area contributed by atoms with Gasteiger partial charge in [-0.15, -0.1) is 0 Å². The van der Waals surface area contributed by atoms with Gasteiger partial charge in [-0.1, -0.05) is 20.8 Å². The maximum Gasteiger partial charge on any atom is 0.225 e. The molecule has 4 nitrogen and oxygen atoms in total. The van der Waals surface area contributed by atoms with Gasteiger partial charge in [0.1, 0.15) is 0 Å². The molecule has 0 bridgehead atoms. The highest BCUT2D eigenvalue weighted by Crippen LogP contribution is 2.26. The van der Waals surface area contributed by atoms with E-state index in [0.717, 1.165) is 44.3 Å². The number of piperidine rings is 1. The van der Waals surface area contributed by atoms with Crippen LogP contribution in [0.25, 0.3) is 0 Å². The third-order valence-corrected chi connectivity index (χ3v) is 5.56. The SMILES string of the molecule is CC1CCC(ON(C)CCC2CCN(C(=O)C(C)C)CC2)CC1. The Labute approximate surface area is 142 Å². The molecule has 1 aliphatic heterocycles. The normalized spacial score (nSPS) is 27.0. The minimum atomic E-state index is 0.129. The molecular weight excluding hydrogens is 288 g/mol. The molecule has 0 radical (unpaired) electrons. The van der Waals surface area contributed by atoms with Crippen LogP contribution in [0.4, 0.5) is 0 Å². The van der Waals surface area contributed by atoms with Crippen LogP contribution in [0.2, 0.25) is 0 Å². The number of carbonyl (C=O) groups excluding carboxylic acids is 1. The summed E-state index contributed by atoms with van der Waals surface area (Å²) in [5, 5.41) is 2.06. The summed E-state index contributed by atoms with van der Waals surface area (Å²) in [6.45, 7) is 9.21. The second-order valence-corrected chi connectivity index (χ2v) is 8.05. The summed E-state index contributed by atoms with van der Waals surface area (Å²) < 4.78 is 0. The Kier molecular flexibility index (Phi) is 7.35. The van der Waals surface area contributed by atoms with Gasteiger partial charge >= 0.3 is 0 Å². The number of hydrogen-bond donors (Lipinski definition) is 0. The zero-order valence-corrected chi connectivity index (χ0v) is 15.6. The quantitative estimate of drug-likeness (QED) is 0.698. The van der Waals surface area contributed by atoms with Crippen molar-refractivity contribution in [3.8, 4) is 0 Å². The molecule has 134 valence electrons. The molecule has 0 aromatic heterocycles. The van der Waals surface area contributed by atoms with Crippen molar-refractivity contribution in [2.75, 3.05) is 26.7 Å².